The van der Waals surface area contributed by atoms with Gasteiger partial charge >= 0.3 is 0 Å². The molecule has 1 aromatic carbocycles. The number of β-amino-alcohol motifs (C(OH)–C–C–N with tert-alkyl or cyclic N) is 1. The SMILES string of the molecule is Cc1ccc(C)c(CN2CC3(CCN(CC(O)CO)CC3)OCCC2=O)c1. The number of benzene rings is 1. The predicted octanol–water partition coefficient (Wildman–Crippen LogP) is 1.24. The second-order valence-corrected chi connectivity index (χ2v) is 8.10. The molecule has 0 aromatic heterocycles. The zero-order valence-corrected chi connectivity index (χ0v) is 16.5. The predicted molar refractivity (Wildman–Crippen MR) is 103 cm³/mol. The molecule has 2 saturated heterocycles. The number of amides is 1. The first-order valence-electron chi connectivity index (χ1n) is 9.90. The average Bonchev–Trinajstić information content (AvgIpc) is 2.79. The van der Waals surface area contributed by atoms with Crippen LogP contribution >= 0.6 is 0 Å². The number of carbonyl (C=O) groups is 1. The van der Waals surface area contributed by atoms with E-state index in [4.69, 9.17) is 9.84 Å². The van der Waals surface area contributed by atoms with E-state index in [0.29, 0.717) is 32.7 Å². The van der Waals surface area contributed by atoms with Crippen molar-refractivity contribution in [2.45, 2.75) is 51.4 Å². The van der Waals surface area contributed by atoms with Crippen LogP contribution in [0, 0.1) is 13.8 Å². The average molecular weight is 376 g/mol. The largest absolute Gasteiger partial charge is 0.394 e. The fourth-order valence-corrected chi connectivity index (χ4v) is 4.12. The molecule has 1 aromatic rings. The molecular weight excluding hydrogens is 344 g/mol. The zero-order valence-electron chi connectivity index (χ0n) is 16.5. The number of carbonyl (C=O) groups excluding carboxylic acids is 1. The number of hydrogen-bond acceptors (Lipinski definition) is 5. The lowest BCUT2D eigenvalue weighted by atomic mass is 9.90. The highest BCUT2D eigenvalue weighted by Gasteiger charge is 2.40. The lowest BCUT2D eigenvalue weighted by Crippen LogP contribution is -2.53. The summed E-state index contributed by atoms with van der Waals surface area (Å²) >= 11 is 0. The Morgan fingerprint density at radius 1 is 1.26 bits per heavy atom. The summed E-state index contributed by atoms with van der Waals surface area (Å²) in [5.74, 6) is 0.158. The third kappa shape index (κ3) is 5.08. The van der Waals surface area contributed by atoms with Gasteiger partial charge in [-0.05, 0) is 37.8 Å². The van der Waals surface area contributed by atoms with Gasteiger partial charge < -0.3 is 24.7 Å². The molecule has 0 saturated carbocycles. The molecule has 2 heterocycles. The topological polar surface area (TPSA) is 73.2 Å². The van der Waals surface area contributed by atoms with Gasteiger partial charge in [-0.25, -0.2) is 0 Å². The maximum Gasteiger partial charge on any atom is 0.225 e. The fraction of sp³-hybridized carbons (Fsp3) is 0.667. The molecule has 0 aliphatic carbocycles. The number of piperidine rings is 1. The number of aryl methyl sites for hydroxylation is 2. The Balaban J connectivity index is 1.68. The van der Waals surface area contributed by atoms with Crippen LogP contribution in [0.5, 0.6) is 0 Å². The first-order chi connectivity index (χ1) is 12.9. The number of aliphatic hydroxyl groups is 2. The highest BCUT2D eigenvalue weighted by molar-refractivity contribution is 5.76. The molecule has 2 fully saturated rings. The van der Waals surface area contributed by atoms with E-state index >= 15 is 0 Å². The highest BCUT2D eigenvalue weighted by Crippen LogP contribution is 2.31. The molecule has 150 valence electrons. The molecule has 1 unspecified atom stereocenters. The summed E-state index contributed by atoms with van der Waals surface area (Å²) in [5, 5.41) is 18.7. The summed E-state index contributed by atoms with van der Waals surface area (Å²) in [6.45, 7) is 7.78. The number of rotatable bonds is 5. The lowest BCUT2D eigenvalue weighted by Gasteiger charge is -2.43. The van der Waals surface area contributed by atoms with Gasteiger partial charge in [-0.1, -0.05) is 23.8 Å². The van der Waals surface area contributed by atoms with E-state index in [1.165, 1.54) is 16.7 Å². The molecule has 3 rings (SSSR count). The Labute approximate surface area is 161 Å². The summed E-state index contributed by atoms with van der Waals surface area (Å²) in [5.41, 5.74) is 3.31. The van der Waals surface area contributed by atoms with Crippen LogP contribution in [0.1, 0.15) is 36.0 Å². The summed E-state index contributed by atoms with van der Waals surface area (Å²) in [6, 6.07) is 6.38. The Hall–Kier alpha value is -1.47. The van der Waals surface area contributed by atoms with E-state index in [9.17, 15) is 9.90 Å². The summed E-state index contributed by atoms with van der Waals surface area (Å²) in [4.78, 5) is 16.8. The minimum Gasteiger partial charge on any atom is -0.394 e. The highest BCUT2D eigenvalue weighted by atomic mass is 16.5. The molecule has 0 radical (unpaired) electrons. The lowest BCUT2D eigenvalue weighted by molar-refractivity contribution is -0.132. The number of ether oxygens (including phenoxy) is 1. The smallest absolute Gasteiger partial charge is 0.225 e. The Morgan fingerprint density at radius 3 is 2.70 bits per heavy atom. The Kier molecular flexibility index (Phi) is 6.52. The zero-order chi connectivity index (χ0) is 19.4. The van der Waals surface area contributed by atoms with Crippen LogP contribution in [-0.4, -0.2) is 77.0 Å². The third-order valence-electron chi connectivity index (χ3n) is 5.87. The standard InChI is InChI=1S/C21H32N2O4/c1-16-3-4-17(2)18(11-16)12-23-15-21(27-10-5-20(23)26)6-8-22(9-7-21)13-19(25)14-24/h3-4,11,19,24-25H,5-10,12-15H2,1-2H3. The van der Waals surface area contributed by atoms with Crippen LogP contribution in [0.25, 0.3) is 0 Å². The van der Waals surface area contributed by atoms with Crippen LogP contribution in [0.3, 0.4) is 0 Å². The van der Waals surface area contributed by atoms with E-state index in [0.717, 1.165) is 25.9 Å². The van der Waals surface area contributed by atoms with E-state index in [1.807, 2.05) is 4.90 Å². The van der Waals surface area contributed by atoms with Crippen LogP contribution in [0.15, 0.2) is 18.2 Å². The summed E-state index contributed by atoms with van der Waals surface area (Å²) in [7, 11) is 0. The Bertz CT molecular complexity index is 656. The quantitative estimate of drug-likeness (QED) is 0.809. The summed E-state index contributed by atoms with van der Waals surface area (Å²) in [6.07, 6.45) is 1.40. The molecule has 6 heteroatoms. The molecule has 0 bridgehead atoms. The van der Waals surface area contributed by atoms with Crippen molar-refractivity contribution in [1.82, 2.24) is 9.80 Å². The minimum atomic E-state index is -0.698. The van der Waals surface area contributed by atoms with Crippen molar-refractivity contribution in [2.75, 3.05) is 39.4 Å². The van der Waals surface area contributed by atoms with Gasteiger partial charge in [0.15, 0.2) is 0 Å². The van der Waals surface area contributed by atoms with Gasteiger partial charge in [0.25, 0.3) is 0 Å². The Morgan fingerprint density at radius 2 is 2.00 bits per heavy atom. The van der Waals surface area contributed by atoms with Gasteiger partial charge in [0.2, 0.25) is 5.91 Å². The first kappa shape index (κ1) is 20.3. The fourth-order valence-electron chi connectivity index (χ4n) is 4.12. The van der Waals surface area contributed by atoms with Gasteiger partial charge in [-0.2, -0.15) is 0 Å². The molecule has 2 N–H and O–H groups in total. The number of hydrogen-bond donors (Lipinski definition) is 2. The third-order valence-corrected chi connectivity index (χ3v) is 5.87. The van der Waals surface area contributed by atoms with Crippen molar-refractivity contribution >= 4 is 5.91 Å². The minimum absolute atomic E-state index is 0.158. The van der Waals surface area contributed by atoms with Crippen LogP contribution < -0.4 is 0 Å². The van der Waals surface area contributed by atoms with E-state index in [1.54, 1.807) is 0 Å². The van der Waals surface area contributed by atoms with Crippen molar-refractivity contribution in [3.63, 3.8) is 0 Å². The monoisotopic (exact) mass is 376 g/mol. The molecule has 1 atom stereocenters. The summed E-state index contributed by atoms with van der Waals surface area (Å²) < 4.78 is 6.20. The molecule has 6 nitrogen and oxygen atoms in total. The maximum atomic E-state index is 12.7. The van der Waals surface area contributed by atoms with Crippen LogP contribution in [0.2, 0.25) is 0 Å². The number of aliphatic hydroxyl groups excluding tert-OH is 2. The van der Waals surface area contributed by atoms with E-state index < -0.39 is 6.10 Å². The number of nitrogens with zero attached hydrogens (tertiary/aromatic N) is 2. The van der Waals surface area contributed by atoms with Crippen molar-refractivity contribution < 1.29 is 19.7 Å². The second-order valence-electron chi connectivity index (χ2n) is 8.10. The molecule has 2 aliphatic heterocycles. The van der Waals surface area contributed by atoms with E-state index in [2.05, 4.69) is 36.9 Å². The van der Waals surface area contributed by atoms with E-state index in [-0.39, 0.29) is 18.1 Å². The van der Waals surface area contributed by atoms with Crippen molar-refractivity contribution in [3.8, 4) is 0 Å². The van der Waals surface area contributed by atoms with Crippen molar-refractivity contribution in [1.29, 1.82) is 0 Å². The van der Waals surface area contributed by atoms with Crippen molar-refractivity contribution in [3.05, 3.63) is 34.9 Å². The van der Waals surface area contributed by atoms with Gasteiger partial charge in [0, 0.05) is 26.2 Å². The van der Waals surface area contributed by atoms with Crippen molar-refractivity contribution in [2.24, 2.45) is 0 Å². The molecular formula is C21H32N2O4. The van der Waals surface area contributed by atoms with Gasteiger partial charge in [0.1, 0.15) is 0 Å². The normalized spacial score (nSPS) is 22.1. The van der Waals surface area contributed by atoms with Crippen LogP contribution in [-0.2, 0) is 16.1 Å². The molecule has 27 heavy (non-hydrogen) atoms. The maximum absolute atomic E-state index is 12.7. The first-order valence-corrected chi connectivity index (χ1v) is 9.90. The van der Waals surface area contributed by atoms with Gasteiger partial charge in [-0.15, -0.1) is 0 Å². The van der Waals surface area contributed by atoms with Crippen LogP contribution in [0.4, 0.5) is 0 Å². The van der Waals surface area contributed by atoms with Gasteiger partial charge in [-0.3, -0.25) is 4.79 Å². The molecule has 2 aliphatic rings. The number of likely N-dealkylation sites (tertiary alicyclic amines) is 1. The molecule has 1 amide bonds. The second kappa shape index (κ2) is 8.69. The molecule has 1 spiro atoms. The van der Waals surface area contributed by atoms with Gasteiger partial charge in [0.05, 0.1) is 37.9 Å².